The second-order valence-electron chi connectivity index (χ2n) is 5.42. The van der Waals surface area contributed by atoms with E-state index in [-0.39, 0.29) is 5.82 Å². The van der Waals surface area contributed by atoms with Crippen molar-refractivity contribution in [1.29, 1.82) is 0 Å². The first-order valence-electron chi connectivity index (χ1n) is 7.01. The summed E-state index contributed by atoms with van der Waals surface area (Å²) >= 11 is 5.80. The summed E-state index contributed by atoms with van der Waals surface area (Å²) < 4.78 is 13.9. The molecule has 2 unspecified atom stereocenters. The fraction of sp³-hybridized carbons (Fsp3) is 0.600. The van der Waals surface area contributed by atoms with Gasteiger partial charge in [-0.2, -0.15) is 0 Å². The molecule has 1 heterocycles. The Morgan fingerprint density at radius 1 is 1.47 bits per heavy atom. The highest BCUT2D eigenvalue weighted by atomic mass is 35.5. The SMILES string of the molecule is CCCC1CNC(C)CN1Cc1ccc(Cl)cc1F. The van der Waals surface area contributed by atoms with Crippen LogP contribution < -0.4 is 5.32 Å². The Labute approximate surface area is 119 Å². The molecule has 1 aromatic carbocycles. The Bertz CT molecular complexity index is 425. The topological polar surface area (TPSA) is 15.3 Å². The Balaban J connectivity index is 2.09. The second-order valence-corrected chi connectivity index (χ2v) is 5.85. The van der Waals surface area contributed by atoms with Crippen LogP contribution in [0.2, 0.25) is 5.02 Å². The third-order valence-electron chi connectivity index (χ3n) is 3.74. The Morgan fingerprint density at radius 3 is 2.95 bits per heavy atom. The van der Waals surface area contributed by atoms with Crippen LogP contribution in [0.3, 0.4) is 0 Å². The molecule has 0 aromatic heterocycles. The zero-order chi connectivity index (χ0) is 13.8. The zero-order valence-electron chi connectivity index (χ0n) is 11.6. The molecule has 1 fully saturated rings. The third-order valence-corrected chi connectivity index (χ3v) is 3.97. The highest BCUT2D eigenvalue weighted by Crippen LogP contribution is 2.20. The molecule has 0 amide bonds. The molecule has 0 saturated carbocycles. The highest BCUT2D eigenvalue weighted by Gasteiger charge is 2.25. The first kappa shape index (κ1) is 14.8. The van der Waals surface area contributed by atoms with Gasteiger partial charge in [-0.05, 0) is 25.5 Å². The van der Waals surface area contributed by atoms with E-state index in [0.717, 1.165) is 31.5 Å². The smallest absolute Gasteiger partial charge is 0.129 e. The first-order valence-corrected chi connectivity index (χ1v) is 7.39. The molecule has 1 aromatic rings. The predicted molar refractivity (Wildman–Crippen MR) is 78.0 cm³/mol. The molecule has 0 radical (unpaired) electrons. The van der Waals surface area contributed by atoms with Gasteiger partial charge >= 0.3 is 0 Å². The molecule has 0 bridgehead atoms. The average Bonchev–Trinajstić information content (AvgIpc) is 2.36. The van der Waals surface area contributed by atoms with E-state index >= 15 is 0 Å². The maximum atomic E-state index is 13.9. The van der Waals surface area contributed by atoms with Crippen LogP contribution in [0.5, 0.6) is 0 Å². The lowest BCUT2D eigenvalue weighted by molar-refractivity contribution is 0.119. The highest BCUT2D eigenvalue weighted by molar-refractivity contribution is 6.30. The predicted octanol–water partition coefficient (Wildman–Crippen LogP) is 3.44. The van der Waals surface area contributed by atoms with E-state index in [2.05, 4.69) is 24.1 Å². The molecular formula is C15H22ClFN2. The van der Waals surface area contributed by atoms with Crippen LogP contribution in [-0.4, -0.2) is 30.1 Å². The number of nitrogens with one attached hydrogen (secondary N) is 1. The fourth-order valence-corrected chi connectivity index (χ4v) is 2.87. The minimum absolute atomic E-state index is 0.200. The van der Waals surface area contributed by atoms with E-state index in [4.69, 9.17) is 11.6 Å². The lowest BCUT2D eigenvalue weighted by Crippen LogP contribution is -2.54. The van der Waals surface area contributed by atoms with E-state index in [9.17, 15) is 4.39 Å². The summed E-state index contributed by atoms with van der Waals surface area (Å²) in [6.07, 6.45) is 2.30. The number of hydrogen-bond donors (Lipinski definition) is 1. The van der Waals surface area contributed by atoms with Gasteiger partial charge in [-0.3, -0.25) is 4.90 Å². The normalized spacial score (nSPS) is 24.6. The van der Waals surface area contributed by atoms with E-state index < -0.39 is 0 Å². The van der Waals surface area contributed by atoms with E-state index in [1.165, 1.54) is 6.07 Å². The lowest BCUT2D eigenvalue weighted by Gasteiger charge is -2.39. The number of piperazine rings is 1. The van der Waals surface area contributed by atoms with Crippen molar-refractivity contribution in [3.63, 3.8) is 0 Å². The van der Waals surface area contributed by atoms with Crippen LogP contribution in [0.4, 0.5) is 4.39 Å². The summed E-state index contributed by atoms with van der Waals surface area (Å²) in [5, 5.41) is 3.96. The molecule has 1 saturated heterocycles. The summed E-state index contributed by atoms with van der Waals surface area (Å²) in [7, 11) is 0. The largest absolute Gasteiger partial charge is 0.311 e. The third kappa shape index (κ3) is 3.91. The molecular weight excluding hydrogens is 263 g/mol. The molecule has 4 heteroatoms. The van der Waals surface area contributed by atoms with Gasteiger partial charge in [0.05, 0.1) is 0 Å². The van der Waals surface area contributed by atoms with Crippen LogP contribution in [0.15, 0.2) is 18.2 Å². The Kier molecular flexibility index (Phi) is 5.20. The number of rotatable bonds is 4. The quantitative estimate of drug-likeness (QED) is 0.911. The number of benzene rings is 1. The lowest BCUT2D eigenvalue weighted by atomic mass is 10.0. The summed E-state index contributed by atoms with van der Waals surface area (Å²) in [6, 6.07) is 5.92. The number of nitrogens with zero attached hydrogens (tertiary/aromatic N) is 1. The maximum Gasteiger partial charge on any atom is 0.129 e. The number of hydrogen-bond acceptors (Lipinski definition) is 2. The van der Waals surface area contributed by atoms with Gasteiger partial charge in [0.15, 0.2) is 0 Å². The van der Waals surface area contributed by atoms with E-state index in [1.807, 2.05) is 0 Å². The summed E-state index contributed by atoms with van der Waals surface area (Å²) in [5.41, 5.74) is 0.736. The number of halogens is 2. The van der Waals surface area contributed by atoms with Crippen molar-refractivity contribution < 1.29 is 4.39 Å². The van der Waals surface area contributed by atoms with Gasteiger partial charge in [-0.1, -0.05) is 31.0 Å². The van der Waals surface area contributed by atoms with Crippen LogP contribution in [0.25, 0.3) is 0 Å². The van der Waals surface area contributed by atoms with Gasteiger partial charge in [0.25, 0.3) is 0 Å². The molecule has 0 spiro atoms. The van der Waals surface area contributed by atoms with Crippen molar-refractivity contribution in [3.05, 3.63) is 34.6 Å². The van der Waals surface area contributed by atoms with E-state index in [0.29, 0.717) is 23.7 Å². The summed E-state index contributed by atoms with van der Waals surface area (Å²) in [4.78, 5) is 2.39. The monoisotopic (exact) mass is 284 g/mol. The van der Waals surface area contributed by atoms with Crippen molar-refractivity contribution in [3.8, 4) is 0 Å². The van der Waals surface area contributed by atoms with Crippen LogP contribution in [-0.2, 0) is 6.54 Å². The van der Waals surface area contributed by atoms with Crippen LogP contribution >= 0.6 is 11.6 Å². The standard InChI is InChI=1S/C15H22ClFN2/c1-3-4-14-8-18-11(2)9-19(14)10-12-5-6-13(16)7-15(12)17/h5-7,11,14,18H,3-4,8-10H2,1-2H3. The van der Waals surface area contributed by atoms with Gasteiger partial charge in [0, 0.05) is 42.3 Å². The van der Waals surface area contributed by atoms with Crippen LogP contribution in [0, 0.1) is 5.82 Å². The fourth-order valence-electron chi connectivity index (χ4n) is 2.71. The minimum Gasteiger partial charge on any atom is -0.311 e. The molecule has 2 nitrogen and oxygen atoms in total. The first-order chi connectivity index (χ1) is 9.10. The van der Waals surface area contributed by atoms with Crippen molar-refractivity contribution in [1.82, 2.24) is 10.2 Å². The molecule has 2 rings (SSSR count). The molecule has 1 aliphatic rings. The van der Waals surface area contributed by atoms with Crippen molar-refractivity contribution in [2.24, 2.45) is 0 Å². The van der Waals surface area contributed by atoms with Gasteiger partial charge in [0.1, 0.15) is 5.82 Å². The van der Waals surface area contributed by atoms with Crippen molar-refractivity contribution >= 4 is 11.6 Å². The maximum absolute atomic E-state index is 13.9. The van der Waals surface area contributed by atoms with Crippen molar-refractivity contribution in [2.75, 3.05) is 13.1 Å². The van der Waals surface area contributed by atoms with Gasteiger partial charge in [-0.15, -0.1) is 0 Å². The minimum atomic E-state index is -0.200. The Hall–Kier alpha value is -0.640. The van der Waals surface area contributed by atoms with E-state index in [1.54, 1.807) is 12.1 Å². The molecule has 1 aliphatic heterocycles. The average molecular weight is 285 g/mol. The van der Waals surface area contributed by atoms with Crippen molar-refractivity contribution in [2.45, 2.75) is 45.3 Å². The molecule has 0 aliphatic carbocycles. The van der Waals surface area contributed by atoms with Gasteiger partial charge < -0.3 is 5.32 Å². The van der Waals surface area contributed by atoms with Gasteiger partial charge in [-0.25, -0.2) is 4.39 Å². The zero-order valence-corrected chi connectivity index (χ0v) is 12.4. The van der Waals surface area contributed by atoms with Gasteiger partial charge in [0.2, 0.25) is 0 Å². The molecule has 1 N–H and O–H groups in total. The summed E-state index contributed by atoms with van der Waals surface area (Å²) in [6.45, 7) is 6.99. The summed E-state index contributed by atoms with van der Waals surface area (Å²) in [5.74, 6) is -0.200. The van der Waals surface area contributed by atoms with Crippen LogP contribution in [0.1, 0.15) is 32.3 Å². The molecule has 106 valence electrons. The second kappa shape index (κ2) is 6.69. The Morgan fingerprint density at radius 2 is 2.26 bits per heavy atom. The molecule has 19 heavy (non-hydrogen) atoms. The molecule has 2 atom stereocenters.